The van der Waals surface area contributed by atoms with Crippen molar-refractivity contribution in [2.24, 2.45) is 4.99 Å². The van der Waals surface area contributed by atoms with E-state index in [9.17, 15) is 29.8 Å². The molecular weight excluding hydrogens is 476 g/mol. The van der Waals surface area contributed by atoms with Crippen molar-refractivity contribution in [3.05, 3.63) is 105 Å². The lowest BCUT2D eigenvalue weighted by Crippen LogP contribution is -2.35. The van der Waals surface area contributed by atoms with Crippen molar-refractivity contribution in [1.29, 1.82) is 0 Å². The highest BCUT2D eigenvalue weighted by molar-refractivity contribution is 7.07. The molecule has 11 nitrogen and oxygen atoms in total. The quantitative estimate of drug-likeness (QED) is 0.291. The summed E-state index contributed by atoms with van der Waals surface area (Å²) in [6.45, 7) is 3.34. The van der Waals surface area contributed by atoms with Gasteiger partial charge in [0.05, 0.1) is 26.6 Å². The number of fused-ring (bicyclic) bond motifs is 1. The summed E-state index contributed by atoms with van der Waals surface area (Å²) in [5.41, 5.74) is 0.779. The first-order valence-corrected chi connectivity index (χ1v) is 11.2. The van der Waals surface area contributed by atoms with Gasteiger partial charge in [-0.1, -0.05) is 23.5 Å². The molecule has 1 aromatic heterocycles. The first-order chi connectivity index (χ1) is 16.7. The molecule has 0 saturated heterocycles. The number of thiazole rings is 1. The molecule has 0 amide bonds. The number of carbonyl (C=O) groups excluding carboxylic acids is 1. The molecule has 2 aromatic carbocycles. The summed E-state index contributed by atoms with van der Waals surface area (Å²) in [4.78, 5) is 52.1. The molecule has 1 atom stereocenters. The minimum atomic E-state index is -0.903. The molecule has 0 N–H and O–H groups in total. The summed E-state index contributed by atoms with van der Waals surface area (Å²) < 4.78 is 6.82. The third-order valence-corrected chi connectivity index (χ3v) is 6.32. The lowest BCUT2D eigenvalue weighted by molar-refractivity contribution is -0.385. The highest BCUT2D eigenvalue weighted by atomic mass is 32.1. The Balaban J connectivity index is 1.91. The molecule has 0 aliphatic carbocycles. The Bertz CT molecular complexity index is 1570. The zero-order valence-corrected chi connectivity index (χ0v) is 19.4. The number of aromatic nitrogens is 1. The second kappa shape index (κ2) is 9.43. The number of allylic oxidation sites excluding steroid dienone is 1. The van der Waals surface area contributed by atoms with Crippen molar-refractivity contribution in [3.8, 4) is 0 Å². The van der Waals surface area contributed by atoms with Gasteiger partial charge in [-0.05, 0) is 43.2 Å². The van der Waals surface area contributed by atoms with Crippen LogP contribution in [0.3, 0.4) is 0 Å². The zero-order chi connectivity index (χ0) is 25.3. The van der Waals surface area contributed by atoms with E-state index in [4.69, 9.17) is 4.74 Å². The summed E-state index contributed by atoms with van der Waals surface area (Å²) in [5.74, 6) is -0.671. The van der Waals surface area contributed by atoms with Gasteiger partial charge in [-0.3, -0.25) is 29.6 Å². The third kappa shape index (κ3) is 4.51. The van der Waals surface area contributed by atoms with Crippen LogP contribution < -0.4 is 14.9 Å². The largest absolute Gasteiger partial charge is 0.463 e. The van der Waals surface area contributed by atoms with Gasteiger partial charge in [0.2, 0.25) is 0 Å². The number of benzene rings is 2. The maximum absolute atomic E-state index is 13.2. The number of ether oxygens (including phenoxy) is 1. The summed E-state index contributed by atoms with van der Waals surface area (Å²) >= 11 is 1.08. The van der Waals surface area contributed by atoms with Gasteiger partial charge in [0, 0.05) is 30.0 Å². The van der Waals surface area contributed by atoms with E-state index < -0.39 is 27.4 Å². The summed E-state index contributed by atoms with van der Waals surface area (Å²) in [7, 11) is 0. The van der Waals surface area contributed by atoms with E-state index in [2.05, 4.69) is 4.99 Å². The van der Waals surface area contributed by atoms with Gasteiger partial charge in [0.15, 0.2) is 4.80 Å². The fraction of sp³-hybridized carbons (Fsp3) is 0.174. The fourth-order valence-electron chi connectivity index (χ4n) is 3.71. The molecule has 0 unspecified atom stereocenters. The van der Waals surface area contributed by atoms with E-state index in [1.807, 2.05) is 0 Å². The molecule has 0 radical (unpaired) electrons. The van der Waals surface area contributed by atoms with Crippen LogP contribution in [0.1, 0.15) is 31.0 Å². The van der Waals surface area contributed by atoms with Crippen LogP contribution in [0.25, 0.3) is 11.8 Å². The molecule has 1 aliphatic rings. The highest BCUT2D eigenvalue weighted by Crippen LogP contribution is 2.33. The lowest BCUT2D eigenvalue weighted by atomic mass is 9.96. The first-order valence-electron chi connectivity index (χ1n) is 10.4. The van der Waals surface area contributed by atoms with E-state index in [-0.39, 0.29) is 23.6 Å². The Morgan fingerprint density at radius 2 is 1.83 bits per heavy atom. The average Bonchev–Trinajstić information content (AvgIpc) is 3.14. The fourth-order valence-corrected chi connectivity index (χ4v) is 4.75. The van der Waals surface area contributed by atoms with E-state index >= 15 is 0 Å². The van der Waals surface area contributed by atoms with Crippen LogP contribution in [-0.2, 0) is 9.53 Å². The second-order valence-electron chi connectivity index (χ2n) is 7.49. The Kier molecular flexibility index (Phi) is 6.38. The van der Waals surface area contributed by atoms with Gasteiger partial charge in [0.25, 0.3) is 16.9 Å². The van der Waals surface area contributed by atoms with Gasteiger partial charge < -0.3 is 4.74 Å². The summed E-state index contributed by atoms with van der Waals surface area (Å²) in [5, 5.41) is 22.2. The molecule has 0 saturated carbocycles. The Morgan fingerprint density at radius 3 is 2.46 bits per heavy atom. The van der Waals surface area contributed by atoms with E-state index in [1.54, 1.807) is 26.0 Å². The third-order valence-electron chi connectivity index (χ3n) is 5.34. The zero-order valence-electron chi connectivity index (χ0n) is 18.5. The SMILES string of the molecule is CCOC(=O)C1=C(C)n2c(s/c(=C\c3ccc([N+](=O)[O-])cc3)c2=O)=N[C@H]1c1cccc([N+](=O)[O-])c1. The molecule has 178 valence electrons. The lowest BCUT2D eigenvalue weighted by Gasteiger charge is -2.22. The number of rotatable bonds is 6. The number of hydrogen-bond donors (Lipinski definition) is 0. The van der Waals surface area contributed by atoms with Gasteiger partial charge in [-0.25, -0.2) is 9.79 Å². The van der Waals surface area contributed by atoms with Gasteiger partial charge in [-0.15, -0.1) is 0 Å². The topological polar surface area (TPSA) is 147 Å². The Labute approximate surface area is 201 Å². The Morgan fingerprint density at radius 1 is 1.14 bits per heavy atom. The van der Waals surface area contributed by atoms with Crippen LogP contribution in [0.4, 0.5) is 11.4 Å². The standard InChI is InChI=1S/C23H18N4O7S/c1-3-34-22(29)19-13(2)25-21(28)18(11-14-7-9-16(10-8-14)26(30)31)35-23(25)24-20(19)15-5-4-6-17(12-15)27(32)33/h4-12,20H,3H2,1-2H3/b18-11-/t20-/m0/s1. The van der Waals surface area contributed by atoms with E-state index in [0.29, 0.717) is 26.2 Å². The molecule has 4 rings (SSSR count). The van der Waals surface area contributed by atoms with Crippen molar-refractivity contribution in [1.82, 2.24) is 4.57 Å². The molecule has 0 fully saturated rings. The molecule has 35 heavy (non-hydrogen) atoms. The number of carbonyl (C=O) groups is 1. The number of nitro groups is 2. The molecule has 3 aromatic rings. The number of nitro benzene ring substituents is 2. The van der Waals surface area contributed by atoms with Crippen molar-refractivity contribution in [2.75, 3.05) is 6.61 Å². The maximum Gasteiger partial charge on any atom is 0.338 e. The first kappa shape index (κ1) is 23.7. The predicted molar refractivity (Wildman–Crippen MR) is 127 cm³/mol. The summed E-state index contributed by atoms with van der Waals surface area (Å²) in [6.07, 6.45) is 1.58. The monoisotopic (exact) mass is 494 g/mol. The Hall–Kier alpha value is -4.45. The molecule has 12 heteroatoms. The van der Waals surface area contributed by atoms with Gasteiger partial charge >= 0.3 is 5.97 Å². The van der Waals surface area contributed by atoms with Crippen LogP contribution in [0.5, 0.6) is 0 Å². The number of nitrogens with zero attached hydrogens (tertiary/aromatic N) is 4. The smallest absolute Gasteiger partial charge is 0.338 e. The van der Waals surface area contributed by atoms with Crippen molar-refractivity contribution in [3.63, 3.8) is 0 Å². The maximum atomic E-state index is 13.2. The van der Waals surface area contributed by atoms with Gasteiger partial charge in [0.1, 0.15) is 6.04 Å². The van der Waals surface area contributed by atoms with E-state index in [1.165, 1.54) is 47.0 Å². The van der Waals surface area contributed by atoms with Crippen LogP contribution >= 0.6 is 11.3 Å². The average molecular weight is 494 g/mol. The molecule has 2 heterocycles. The minimum Gasteiger partial charge on any atom is -0.463 e. The van der Waals surface area contributed by atoms with Crippen LogP contribution in [0.15, 0.2) is 63.9 Å². The molecule has 0 spiro atoms. The van der Waals surface area contributed by atoms with Crippen LogP contribution in [0, 0.1) is 20.2 Å². The number of non-ortho nitro benzene ring substituents is 2. The van der Waals surface area contributed by atoms with Gasteiger partial charge in [-0.2, -0.15) is 0 Å². The van der Waals surface area contributed by atoms with Crippen molar-refractivity contribution in [2.45, 2.75) is 19.9 Å². The van der Waals surface area contributed by atoms with E-state index in [0.717, 1.165) is 11.3 Å². The number of esters is 1. The minimum absolute atomic E-state index is 0.0722. The van der Waals surface area contributed by atoms with Crippen molar-refractivity contribution >= 4 is 40.5 Å². The molecule has 1 aliphatic heterocycles. The summed E-state index contributed by atoms with van der Waals surface area (Å²) in [6, 6.07) is 10.6. The van der Waals surface area contributed by atoms with Crippen molar-refractivity contribution < 1.29 is 19.4 Å². The normalized spacial score (nSPS) is 15.4. The van der Waals surface area contributed by atoms with Crippen LogP contribution in [0.2, 0.25) is 0 Å². The van der Waals surface area contributed by atoms with Crippen LogP contribution in [-0.4, -0.2) is 27.0 Å². The second-order valence-corrected chi connectivity index (χ2v) is 8.49. The highest BCUT2D eigenvalue weighted by Gasteiger charge is 2.32. The molecule has 0 bridgehead atoms. The molecular formula is C23H18N4O7S. The predicted octanol–water partition coefficient (Wildman–Crippen LogP) is 2.72. The number of hydrogen-bond acceptors (Lipinski definition) is 9.